The molecule has 8 heteroatoms. The van der Waals surface area contributed by atoms with Gasteiger partial charge in [0.15, 0.2) is 5.96 Å². The fraction of sp³-hybridized carbons (Fsp3) is 0.750. The number of hydrogen-bond donors (Lipinski definition) is 2. The van der Waals surface area contributed by atoms with Gasteiger partial charge in [-0.05, 0) is 41.9 Å². The summed E-state index contributed by atoms with van der Waals surface area (Å²) in [6.07, 6.45) is 2.28. The largest absolute Gasteiger partial charge is 0.379 e. The third-order valence-corrected chi connectivity index (χ3v) is 5.12. The summed E-state index contributed by atoms with van der Waals surface area (Å²) in [6.45, 7) is 13.0. The highest BCUT2D eigenvalue weighted by molar-refractivity contribution is 14.0. The first-order valence-electron chi connectivity index (χ1n) is 10.1. The molecule has 0 bridgehead atoms. The molecule has 2 N–H and O–H groups in total. The zero-order valence-corrected chi connectivity index (χ0v) is 21.1. The second-order valence-electron chi connectivity index (χ2n) is 6.25. The van der Waals surface area contributed by atoms with Crippen LogP contribution in [0.15, 0.2) is 21.8 Å². The zero-order valence-electron chi connectivity index (χ0n) is 17.9. The molecule has 0 saturated heterocycles. The van der Waals surface area contributed by atoms with E-state index in [2.05, 4.69) is 58.1 Å². The lowest BCUT2D eigenvalue weighted by atomic mass is 10.1. The van der Waals surface area contributed by atoms with Gasteiger partial charge in [0, 0.05) is 26.7 Å². The lowest BCUT2D eigenvalue weighted by Gasteiger charge is -2.30. The number of rotatable bonds is 15. The first-order valence-corrected chi connectivity index (χ1v) is 11.1. The van der Waals surface area contributed by atoms with Crippen molar-refractivity contribution in [3.63, 3.8) is 0 Å². The van der Waals surface area contributed by atoms with Crippen molar-refractivity contribution in [3.8, 4) is 0 Å². The summed E-state index contributed by atoms with van der Waals surface area (Å²) < 4.78 is 11.1. The maximum Gasteiger partial charge on any atom is 0.191 e. The first-order chi connectivity index (χ1) is 13.3. The summed E-state index contributed by atoms with van der Waals surface area (Å²) in [7, 11) is 1.80. The average Bonchev–Trinajstić information content (AvgIpc) is 3.22. The maximum absolute atomic E-state index is 5.59. The summed E-state index contributed by atoms with van der Waals surface area (Å²) in [6, 6.07) is 2.56. The number of likely N-dealkylation sites (N-methyl/N-ethyl adjacent to an activating group) is 1. The van der Waals surface area contributed by atoms with Crippen molar-refractivity contribution in [1.29, 1.82) is 0 Å². The van der Waals surface area contributed by atoms with Crippen LogP contribution in [0, 0.1) is 0 Å². The number of nitrogens with zero attached hydrogens (tertiary/aromatic N) is 2. The molecule has 0 fully saturated rings. The van der Waals surface area contributed by atoms with Crippen molar-refractivity contribution in [2.75, 3.05) is 59.7 Å². The SMILES string of the molecule is CCCCOCCOCCNC(=NC)NCC(c1ccsc1)N(CC)CC.I. The predicted octanol–water partition coefficient (Wildman–Crippen LogP) is 3.75. The number of halogens is 1. The second kappa shape index (κ2) is 18.6. The highest BCUT2D eigenvalue weighted by Crippen LogP contribution is 2.22. The Morgan fingerprint density at radius 1 is 1.11 bits per heavy atom. The normalized spacial score (nSPS) is 12.7. The highest BCUT2D eigenvalue weighted by atomic mass is 127. The van der Waals surface area contributed by atoms with Crippen LogP contribution < -0.4 is 10.6 Å². The number of thiophene rings is 1. The van der Waals surface area contributed by atoms with Gasteiger partial charge in [-0.2, -0.15) is 11.3 Å². The summed E-state index contributed by atoms with van der Waals surface area (Å²) >= 11 is 1.75. The van der Waals surface area contributed by atoms with E-state index in [1.54, 1.807) is 18.4 Å². The molecule has 0 radical (unpaired) electrons. The van der Waals surface area contributed by atoms with Gasteiger partial charge in [0.25, 0.3) is 0 Å². The van der Waals surface area contributed by atoms with Crippen LogP contribution in [0.4, 0.5) is 0 Å². The van der Waals surface area contributed by atoms with Gasteiger partial charge in [-0.1, -0.05) is 27.2 Å². The van der Waals surface area contributed by atoms with Crippen LogP contribution in [-0.2, 0) is 9.47 Å². The summed E-state index contributed by atoms with van der Waals surface area (Å²) in [5, 5.41) is 11.1. The molecule has 6 nitrogen and oxygen atoms in total. The van der Waals surface area contributed by atoms with E-state index < -0.39 is 0 Å². The van der Waals surface area contributed by atoms with Gasteiger partial charge in [-0.15, -0.1) is 24.0 Å². The molecule has 1 atom stereocenters. The van der Waals surface area contributed by atoms with E-state index in [-0.39, 0.29) is 24.0 Å². The van der Waals surface area contributed by atoms with E-state index >= 15 is 0 Å². The number of unbranched alkanes of at least 4 members (excludes halogenated alkanes) is 1. The number of hydrogen-bond acceptors (Lipinski definition) is 5. The molecule has 0 aliphatic rings. The van der Waals surface area contributed by atoms with Crippen LogP contribution >= 0.6 is 35.3 Å². The van der Waals surface area contributed by atoms with E-state index in [1.807, 2.05) is 0 Å². The van der Waals surface area contributed by atoms with Crippen molar-refractivity contribution in [2.24, 2.45) is 4.99 Å². The van der Waals surface area contributed by atoms with Crippen LogP contribution in [0.2, 0.25) is 0 Å². The lowest BCUT2D eigenvalue weighted by Crippen LogP contribution is -2.44. The van der Waals surface area contributed by atoms with Gasteiger partial charge in [0.05, 0.1) is 25.9 Å². The monoisotopic (exact) mass is 526 g/mol. The molecule has 1 unspecified atom stereocenters. The molecule has 0 aliphatic carbocycles. The van der Waals surface area contributed by atoms with Crippen LogP contribution in [0.25, 0.3) is 0 Å². The Bertz CT molecular complexity index is 485. The van der Waals surface area contributed by atoms with Gasteiger partial charge in [0.1, 0.15) is 0 Å². The van der Waals surface area contributed by atoms with Crippen LogP contribution in [-0.4, -0.2) is 70.5 Å². The minimum atomic E-state index is 0. The first kappa shape index (κ1) is 27.6. The van der Waals surface area contributed by atoms with Gasteiger partial charge in [0.2, 0.25) is 0 Å². The Morgan fingerprint density at radius 2 is 1.82 bits per heavy atom. The number of guanidine groups is 1. The van der Waals surface area contributed by atoms with Crippen molar-refractivity contribution >= 4 is 41.3 Å². The predicted molar refractivity (Wildman–Crippen MR) is 131 cm³/mol. The number of aliphatic imine (C=N–C) groups is 1. The van der Waals surface area contributed by atoms with Crippen molar-refractivity contribution in [3.05, 3.63) is 22.4 Å². The van der Waals surface area contributed by atoms with E-state index in [9.17, 15) is 0 Å². The molecular weight excluding hydrogens is 487 g/mol. The Labute approximate surface area is 192 Å². The minimum absolute atomic E-state index is 0. The molecule has 1 aromatic heterocycles. The molecule has 1 heterocycles. The third-order valence-electron chi connectivity index (χ3n) is 4.42. The Hall–Kier alpha value is -0.420. The molecule has 0 spiro atoms. The molecule has 0 amide bonds. The van der Waals surface area contributed by atoms with E-state index in [0.29, 0.717) is 25.9 Å². The van der Waals surface area contributed by atoms with Gasteiger partial charge in [-0.25, -0.2) is 0 Å². The van der Waals surface area contributed by atoms with Gasteiger partial charge < -0.3 is 20.1 Å². The van der Waals surface area contributed by atoms with Crippen LogP contribution in [0.5, 0.6) is 0 Å². The summed E-state index contributed by atoms with van der Waals surface area (Å²) in [5.41, 5.74) is 1.36. The fourth-order valence-electron chi connectivity index (χ4n) is 2.81. The molecular formula is C20H39IN4O2S. The molecule has 0 aliphatic heterocycles. The van der Waals surface area contributed by atoms with Crippen molar-refractivity contribution in [2.45, 2.75) is 39.7 Å². The standard InChI is InChI=1S/C20H38N4O2S.HI/c1-5-8-11-25-13-14-26-12-10-22-20(21-4)23-16-19(24(6-2)7-3)18-9-15-27-17-18;/h9,15,17,19H,5-8,10-14,16H2,1-4H3,(H2,21,22,23);1H. The maximum atomic E-state index is 5.59. The van der Waals surface area contributed by atoms with Crippen molar-refractivity contribution in [1.82, 2.24) is 15.5 Å². The van der Waals surface area contributed by atoms with Gasteiger partial charge in [-0.3, -0.25) is 9.89 Å². The van der Waals surface area contributed by atoms with Gasteiger partial charge >= 0.3 is 0 Å². The van der Waals surface area contributed by atoms with Crippen molar-refractivity contribution < 1.29 is 9.47 Å². The lowest BCUT2D eigenvalue weighted by molar-refractivity contribution is 0.0487. The molecule has 1 rings (SSSR count). The molecule has 28 heavy (non-hydrogen) atoms. The Morgan fingerprint density at radius 3 is 2.39 bits per heavy atom. The second-order valence-corrected chi connectivity index (χ2v) is 7.03. The quantitative estimate of drug-likeness (QED) is 0.158. The Kier molecular flexibility index (Phi) is 18.3. The highest BCUT2D eigenvalue weighted by Gasteiger charge is 2.18. The van der Waals surface area contributed by atoms with E-state index in [1.165, 1.54) is 12.0 Å². The molecule has 1 aromatic rings. The number of ether oxygens (including phenoxy) is 2. The van der Waals surface area contributed by atoms with Crippen LogP contribution in [0.1, 0.15) is 45.2 Å². The zero-order chi connectivity index (χ0) is 19.7. The fourth-order valence-corrected chi connectivity index (χ4v) is 3.52. The molecule has 164 valence electrons. The molecule has 0 saturated carbocycles. The smallest absolute Gasteiger partial charge is 0.191 e. The van der Waals surface area contributed by atoms with E-state index in [4.69, 9.17) is 9.47 Å². The van der Waals surface area contributed by atoms with Crippen LogP contribution in [0.3, 0.4) is 0 Å². The number of nitrogens with one attached hydrogen (secondary N) is 2. The Balaban J connectivity index is 0.00000729. The average molecular weight is 527 g/mol. The topological polar surface area (TPSA) is 58.1 Å². The summed E-state index contributed by atoms with van der Waals surface area (Å²) in [5.74, 6) is 0.810. The van der Waals surface area contributed by atoms with E-state index in [0.717, 1.165) is 45.2 Å². The summed E-state index contributed by atoms with van der Waals surface area (Å²) in [4.78, 5) is 6.78. The molecule has 0 aromatic carbocycles. The minimum Gasteiger partial charge on any atom is -0.379 e. The third kappa shape index (κ3) is 11.5.